The van der Waals surface area contributed by atoms with Crippen molar-refractivity contribution in [3.63, 3.8) is 0 Å². The zero-order valence-electron chi connectivity index (χ0n) is 15.2. The Labute approximate surface area is 173 Å². The number of halogens is 2. The van der Waals surface area contributed by atoms with Gasteiger partial charge in [-0.2, -0.15) is 0 Å². The third-order valence-electron chi connectivity index (χ3n) is 4.40. The molecule has 1 N–H and O–H groups in total. The molecule has 5 heteroatoms. The van der Waals surface area contributed by atoms with Gasteiger partial charge in [0.2, 0.25) is 0 Å². The van der Waals surface area contributed by atoms with Gasteiger partial charge in [-0.05, 0) is 55.8 Å². The quantitative estimate of drug-likeness (QED) is 0.459. The second-order valence-corrected chi connectivity index (χ2v) is 9.87. The van der Waals surface area contributed by atoms with Gasteiger partial charge in [-0.15, -0.1) is 11.6 Å². The molecule has 0 fully saturated rings. The van der Waals surface area contributed by atoms with Crippen LogP contribution < -0.4 is 5.32 Å². The number of anilines is 1. The Morgan fingerprint density at radius 3 is 2.11 bits per heavy atom. The first-order valence-corrected chi connectivity index (χ1v) is 10.5. The van der Waals surface area contributed by atoms with E-state index < -0.39 is 15.0 Å². The van der Waals surface area contributed by atoms with Crippen molar-refractivity contribution >= 4 is 39.7 Å². The van der Waals surface area contributed by atoms with Crippen LogP contribution in [0.1, 0.15) is 24.1 Å². The van der Waals surface area contributed by atoms with Crippen molar-refractivity contribution in [1.29, 1.82) is 0 Å². The van der Waals surface area contributed by atoms with Crippen LogP contribution in [0.2, 0.25) is 5.02 Å². The smallest absolute Gasteiger partial charge is 0.145 e. The van der Waals surface area contributed by atoms with Gasteiger partial charge in [0, 0.05) is 15.6 Å². The number of rotatable bonds is 6. The molecule has 0 aliphatic carbocycles. The molecule has 0 bridgehead atoms. The average molecular weight is 418 g/mol. The summed E-state index contributed by atoms with van der Waals surface area (Å²) in [4.78, 5) is 0.701. The first-order chi connectivity index (χ1) is 12.9. The van der Waals surface area contributed by atoms with E-state index in [1.165, 1.54) is 0 Å². The molecule has 0 spiro atoms. The highest BCUT2D eigenvalue weighted by Gasteiger charge is 2.40. The molecule has 2 nitrogen and oxygen atoms in total. The summed E-state index contributed by atoms with van der Waals surface area (Å²) in [7, 11) is -1.44. The van der Waals surface area contributed by atoms with Crippen LogP contribution in [-0.2, 0) is 10.8 Å². The van der Waals surface area contributed by atoms with Crippen LogP contribution in [0.3, 0.4) is 0 Å². The summed E-state index contributed by atoms with van der Waals surface area (Å²) >= 11 is 13.0. The van der Waals surface area contributed by atoms with Gasteiger partial charge < -0.3 is 5.32 Å². The molecule has 0 saturated heterocycles. The van der Waals surface area contributed by atoms with Gasteiger partial charge in [0.25, 0.3) is 0 Å². The fourth-order valence-corrected chi connectivity index (χ4v) is 4.69. The number of aryl methyl sites for hydroxylation is 1. The Balaban J connectivity index is 2.00. The summed E-state index contributed by atoms with van der Waals surface area (Å²) in [6.07, 6.45) is 0. The Morgan fingerprint density at radius 2 is 1.52 bits per heavy atom. The molecular weight excluding hydrogens is 397 g/mol. The number of nitrogens with one attached hydrogen (secondary N) is 1. The third kappa shape index (κ3) is 4.73. The number of alkyl halides is 1. The lowest BCUT2D eigenvalue weighted by atomic mass is 10.0. The topological polar surface area (TPSA) is 29.1 Å². The van der Waals surface area contributed by atoms with Gasteiger partial charge in [0.1, 0.15) is 4.21 Å². The van der Waals surface area contributed by atoms with Crippen molar-refractivity contribution in [3.05, 3.63) is 95.0 Å². The maximum absolute atomic E-state index is 13.4. The molecule has 3 aromatic carbocycles. The van der Waals surface area contributed by atoms with E-state index in [0.717, 1.165) is 16.8 Å². The maximum Gasteiger partial charge on any atom is 0.145 e. The van der Waals surface area contributed by atoms with Crippen LogP contribution in [0.15, 0.2) is 83.8 Å². The molecule has 3 aromatic rings. The number of hydrogen-bond acceptors (Lipinski definition) is 2. The summed E-state index contributed by atoms with van der Waals surface area (Å²) in [5.74, 6) is 0. The minimum absolute atomic E-state index is 0.388. The predicted molar refractivity (Wildman–Crippen MR) is 116 cm³/mol. The largest absolute Gasteiger partial charge is 0.375 e. The van der Waals surface area contributed by atoms with Crippen LogP contribution >= 0.6 is 23.2 Å². The third-order valence-corrected chi connectivity index (χ3v) is 6.95. The monoisotopic (exact) mass is 417 g/mol. The molecule has 0 radical (unpaired) electrons. The molecule has 0 aromatic heterocycles. The first-order valence-electron chi connectivity index (χ1n) is 8.62. The lowest BCUT2D eigenvalue weighted by Crippen LogP contribution is -2.36. The fourth-order valence-electron chi connectivity index (χ4n) is 2.87. The van der Waals surface area contributed by atoms with Crippen molar-refractivity contribution < 1.29 is 4.21 Å². The van der Waals surface area contributed by atoms with Crippen molar-refractivity contribution in [1.82, 2.24) is 0 Å². The molecule has 0 heterocycles. The van der Waals surface area contributed by atoms with E-state index in [1.807, 2.05) is 85.8 Å². The normalized spacial score (nSPS) is 15.6. The van der Waals surface area contributed by atoms with E-state index >= 15 is 0 Å². The SMILES string of the molecule is Cc1ccc([S@](=O)[C@](C)(Cl)[C@H](Nc2ccccc2)c2ccc(Cl)cc2)cc1. The molecule has 140 valence electrons. The van der Waals surface area contributed by atoms with E-state index in [1.54, 1.807) is 6.92 Å². The second-order valence-electron chi connectivity index (χ2n) is 6.56. The van der Waals surface area contributed by atoms with Crippen LogP contribution in [0.5, 0.6) is 0 Å². The van der Waals surface area contributed by atoms with Gasteiger partial charge >= 0.3 is 0 Å². The van der Waals surface area contributed by atoms with Crippen LogP contribution in [-0.4, -0.2) is 8.42 Å². The number of benzene rings is 3. The summed E-state index contributed by atoms with van der Waals surface area (Å²) < 4.78 is 12.3. The zero-order valence-corrected chi connectivity index (χ0v) is 17.5. The van der Waals surface area contributed by atoms with Crippen molar-refractivity contribution in [2.45, 2.75) is 29.0 Å². The first kappa shape index (κ1) is 19.9. The molecule has 0 aliphatic rings. The fraction of sp³-hybridized carbons (Fsp3) is 0.182. The molecule has 0 aliphatic heterocycles. The highest BCUT2D eigenvalue weighted by molar-refractivity contribution is 7.88. The summed E-state index contributed by atoms with van der Waals surface area (Å²) in [6.45, 7) is 3.81. The van der Waals surface area contributed by atoms with Gasteiger partial charge in [-0.3, -0.25) is 4.21 Å². The number of para-hydroxylation sites is 1. The van der Waals surface area contributed by atoms with E-state index in [9.17, 15) is 4.21 Å². The standard InChI is InChI=1S/C22H21Cl2NOS/c1-16-8-14-20(15-9-16)27(26)22(2,24)21(17-10-12-18(23)13-11-17)25-19-6-4-3-5-7-19/h3-15,21,25H,1-2H3/t21-,22+,27+/m1/s1. The number of hydrogen-bond donors (Lipinski definition) is 1. The molecule has 3 rings (SSSR count). The Morgan fingerprint density at radius 1 is 0.926 bits per heavy atom. The van der Waals surface area contributed by atoms with E-state index in [4.69, 9.17) is 23.2 Å². The summed E-state index contributed by atoms with van der Waals surface area (Å²) in [5.41, 5.74) is 2.94. The lowest BCUT2D eigenvalue weighted by Gasteiger charge is -2.33. The lowest BCUT2D eigenvalue weighted by molar-refractivity contribution is 0.635. The molecule has 0 saturated carbocycles. The summed E-state index contributed by atoms with van der Waals surface area (Å²) in [5, 5.41) is 4.10. The van der Waals surface area contributed by atoms with Crippen LogP contribution in [0.4, 0.5) is 5.69 Å². The van der Waals surface area contributed by atoms with Crippen molar-refractivity contribution in [3.8, 4) is 0 Å². The van der Waals surface area contributed by atoms with Gasteiger partial charge in [-0.25, -0.2) is 0 Å². The minimum Gasteiger partial charge on any atom is -0.375 e. The average Bonchev–Trinajstić information content (AvgIpc) is 2.68. The van der Waals surface area contributed by atoms with Crippen LogP contribution in [0, 0.1) is 6.92 Å². The zero-order chi connectivity index (χ0) is 19.4. The molecule has 27 heavy (non-hydrogen) atoms. The Kier molecular flexibility index (Phi) is 6.25. The highest BCUT2D eigenvalue weighted by Crippen LogP contribution is 2.40. The van der Waals surface area contributed by atoms with Crippen molar-refractivity contribution in [2.75, 3.05) is 5.32 Å². The van der Waals surface area contributed by atoms with Gasteiger partial charge in [-0.1, -0.05) is 59.6 Å². The molecule has 0 unspecified atom stereocenters. The van der Waals surface area contributed by atoms with E-state index in [2.05, 4.69) is 5.32 Å². The molecular formula is C22H21Cl2NOS. The highest BCUT2D eigenvalue weighted by atomic mass is 35.5. The Bertz CT molecular complexity index is 909. The molecule has 0 amide bonds. The minimum atomic E-state index is -1.44. The summed E-state index contributed by atoms with van der Waals surface area (Å²) in [6, 6.07) is 24.5. The molecule has 3 atom stereocenters. The predicted octanol–water partition coefficient (Wildman–Crippen LogP) is 6.56. The van der Waals surface area contributed by atoms with Crippen LogP contribution in [0.25, 0.3) is 0 Å². The second kappa shape index (κ2) is 8.47. The van der Waals surface area contributed by atoms with Gasteiger partial charge in [0.15, 0.2) is 0 Å². The van der Waals surface area contributed by atoms with Crippen molar-refractivity contribution in [2.24, 2.45) is 0 Å². The maximum atomic E-state index is 13.4. The van der Waals surface area contributed by atoms with E-state index in [-0.39, 0.29) is 6.04 Å². The Hall–Kier alpha value is -1.81. The van der Waals surface area contributed by atoms with E-state index in [0.29, 0.717) is 9.92 Å². The van der Waals surface area contributed by atoms with Gasteiger partial charge in [0.05, 0.1) is 16.8 Å².